The molecule has 3 nitrogen and oxygen atoms in total. The van der Waals surface area contributed by atoms with Crippen LogP contribution < -0.4 is 16.2 Å². The molecule has 0 atom stereocenters. The third-order valence-electron chi connectivity index (χ3n) is 1.08. The fourth-order valence-electron chi connectivity index (χ4n) is 0.604. The van der Waals surface area contributed by atoms with Gasteiger partial charge in [-0.3, -0.25) is 10.9 Å². The topological polar surface area (TPSA) is 36.1 Å². The zero-order chi connectivity index (χ0) is 6.95. The van der Waals surface area contributed by atoms with Crippen molar-refractivity contribution < 1.29 is 0 Å². The summed E-state index contributed by atoms with van der Waals surface area (Å²) in [7, 11) is 1.88. The highest BCUT2D eigenvalue weighted by Crippen LogP contribution is 1.69. The largest absolute Gasteiger partial charge is 0.317 e. The van der Waals surface area contributed by atoms with Gasteiger partial charge in [0.05, 0.1) is 0 Å². The van der Waals surface area contributed by atoms with Gasteiger partial charge in [-0.1, -0.05) is 6.92 Å². The van der Waals surface area contributed by atoms with E-state index in [4.69, 9.17) is 0 Å². The van der Waals surface area contributed by atoms with E-state index in [1.165, 1.54) is 6.42 Å². The Hall–Kier alpha value is -0.120. The van der Waals surface area contributed by atoms with Crippen molar-refractivity contribution in [1.29, 1.82) is 0 Å². The summed E-state index contributed by atoms with van der Waals surface area (Å²) in [5.74, 6) is 0. The molecule has 3 N–H and O–H groups in total. The molecular weight excluding hydrogens is 114 g/mol. The zero-order valence-electron chi connectivity index (χ0n) is 6.33. The molecule has 0 aliphatic carbocycles. The Labute approximate surface area is 57.2 Å². The van der Waals surface area contributed by atoms with E-state index in [0.29, 0.717) is 0 Å². The Morgan fingerprint density at radius 3 is 2.56 bits per heavy atom. The minimum absolute atomic E-state index is 1.03. The molecule has 0 saturated carbocycles. The average molecular weight is 131 g/mol. The maximum Gasteiger partial charge on any atom is 0.0112 e. The summed E-state index contributed by atoms with van der Waals surface area (Å²) in [6, 6.07) is 0. The molecule has 0 spiro atoms. The molecule has 0 bridgehead atoms. The third kappa shape index (κ3) is 7.88. The van der Waals surface area contributed by atoms with Crippen LogP contribution in [0.5, 0.6) is 0 Å². The second kappa shape index (κ2) is 7.88. The van der Waals surface area contributed by atoms with Crippen molar-refractivity contribution in [1.82, 2.24) is 16.2 Å². The van der Waals surface area contributed by atoms with Crippen LogP contribution in [0.2, 0.25) is 0 Å². The van der Waals surface area contributed by atoms with Crippen LogP contribution in [0.1, 0.15) is 13.3 Å². The number of hydrogen-bond acceptors (Lipinski definition) is 3. The fourth-order valence-corrected chi connectivity index (χ4v) is 0.604. The first kappa shape index (κ1) is 8.88. The van der Waals surface area contributed by atoms with Gasteiger partial charge in [0.1, 0.15) is 0 Å². The van der Waals surface area contributed by atoms with Crippen molar-refractivity contribution in [3.63, 3.8) is 0 Å². The van der Waals surface area contributed by atoms with Gasteiger partial charge in [0.15, 0.2) is 0 Å². The zero-order valence-corrected chi connectivity index (χ0v) is 6.33. The van der Waals surface area contributed by atoms with Crippen LogP contribution in [0.25, 0.3) is 0 Å². The lowest BCUT2D eigenvalue weighted by atomic mass is 10.4. The maximum absolute atomic E-state index is 3.24. The van der Waals surface area contributed by atoms with E-state index in [0.717, 1.165) is 19.6 Å². The van der Waals surface area contributed by atoms with Crippen molar-refractivity contribution in [2.45, 2.75) is 13.3 Å². The molecule has 0 rings (SSSR count). The summed E-state index contributed by atoms with van der Waals surface area (Å²) in [4.78, 5) is 0. The Morgan fingerprint density at radius 1 is 1.22 bits per heavy atom. The van der Waals surface area contributed by atoms with Crippen LogP contribution in [-0.4, -0.2) is 26.7 Å². The second-order valence-corrected chi connectivity index (χ2v) is 1.88. The van der Waals surface area contributed by atoms with Crippen molar-refractivity contribution in [2.75, 3.05) is 26.7 Å². The number of hydrazine groups is 1. The minimum atomic E-state index is 1.03. The van der Waals surface area contributed by atoms with E-state index in [1.807, 2.05) is 7.05 Å². The van der Waals surface area contributed by atoms with Gasteiger partial charge in [0.2, 0.25) is 0 Å². The lowest BCUT2D eigenvalue weighted by Crippen LogP contribution is -2.30. The number of hydrogen-bond donors (Lipinski definition) is 3. The normalized spacial score (nSPS) is 10.0. The van der Waals surface area contributed by atoms with E-state index in [1.54, 1.807) is 0 Å². The van der Waals surface area contributed by atoms with E-state index in [-0.39, 0.29) is 0 Å². The molecule has 0 aliphatic heterocycles. The highest BCUT2D eigenvalue weighted by Gasteiger charge is 1.82. The molecule has 3 heteroatoms. The molecule has 0 heterocycles. The fraction of sp³-hybridized carbons (Fsp3) is 1.00. The first-order chi connectivity index (χ1) is 4.41. The third-order valence-corrected chi connectivity index (χ3v) is 1.08. The summed E-state index contributed by atoms with van der Waals surface area (Å²) in [6.45, 7) is 5.32. The van der Waals surface area contributed by atoms with Crippen LogP contribution in [0, 0.1) is 0 Å². The van der Waals surface area contributed by atoms with Crippen LogP contribution in [0.3, 0.4) is 0 Å². The van der Waals surface area contributed by atoms with E-state index in [9.17, 15) is 0 Å². The van der Waals surface area contributed by atoms with Crippen molar-refractivity contribution in [2.24, 2.45) is 0 Å². The van der Waals surface area contributed by atoms with Crippen LogP contribution in [-0.2, 0) is 0 Å². The summed E-state index contributed by atoms with van der Waals surface area (Å²) in [5.41, 5.74) is 5.88. The first-order valence-electron chi connectivity index (χ1n) is 3.52. The summed E-state index contributed by atoms with van der Waals surface area (Å²) in [5, 5.41) is 3.24. The highest BCUT2D eigenvalue weighted by molar-refractivity contribution is 4.45. The van der Waals surface area contributed by atoms with Crippen molar-refractivity contribution in [3.05, 3.63) is 0 Å². The molecule has 9 heavy (non-hydrogen) atoms. The van der Waals surface area contributed by atoms with Gasteiger partial charge in [-0.2, -0.15) is 0 Å². The standard InChI is InChI=1S/C6H17N3/c1-3-8-5-4-6-9-7-2/h7-9H,3-6H2,1-2H3. The van der Waals surface area contributed by atoms with Gasteiger partial charge >= 0.3 is 0 Å². The number of nitrogens with one attached hydrogen (secondary N) is 3. The highest BCUT2D eigenvalue weighted by atomic mass is 15.3. The van der Waals surface area contributed by atoms with Gasteiger partial charge in [-0.15, -0.1) is 0 Å². The SMILES string of the molecule is CCNCCCNNC. The van der Waals surface area contributed by atoms with Gasteiger partial charge in [0, 0.05) is 6.54 Å². The molecule has 0 aromatic carbocycles. The Bertz CT molecular complexity index is 41.6. The molecule has 0 radical (unpaired) electrons. The Balaban J connectivity index is 2.60. The predicted molar refractivity (Wildman–Crippen MR) is 40.2 cm³/mol. The van der Waals surface area contributed by atoms with Gasteiger partial charge in [0.25, 0.3) is 0 Å². The predicted octanol–water partition coefficient (Wildman–Crippen LogP) is -0.290. The van der Waals surface area contributed by atoms with Gasteiger partial charge in [-0.05, 0) is 26.6 Å². The monoisotopic (exact) mass is 131 g/mol. The summed E-state index contributed by atoms with van der Waals surface area (Å²) < 4.78 is 0. The van der Waals surface area contributed by atoms with E-state index >= 15 is 0 Å². The molecule has 0 amide bonds. The molecule has 0 fully saturated rings. The second-order valence-electron chi connectivity index (χ2n) is 1.88. The smallest absolute Gasteiger partial charge is 0.0112 e. The molecule has 0 unspecified atom stereocenters. The van der Waals surface area contributed by atoms with Gasteiger partial charge in [-0.25, -0.2) is 0 Å². The van der Waals surface area contributed by atoms with Crippen molar-refractivity contribution in [3.8, 4) is 0 Å². The molecule has 0 aromatic rings. The molecule has 0 aliphatic rings. The number of rotatable bonds is 6. The van der Waals surface area contributed by atoms with E-state index < -0.39 is 0 Å². The summed E-state index contributed by atoms with van der Waals surface area (Å²) in [6.07, 6.45) is 1.18. The maximum atomic E-state index is 3.24. The summed E-state index contributed by atoms with van der Waals surface area (Å²) >= 11 is 0. The van der Waals surface area contributed by atoms with Crippen LogP contribution >= 0.6 is 0 Å². The first-order valence-corrected chi connectivity index (χ1v) is 3.52. The minimum Gasteiger partial charge on any atom is -0.317 e. The Kier molecular flexibility index (Phi) is 7.77. The quantitative estimate of drug-likeness (QED) is 0.342. The molecule has 56 valence electrons. The average Bonchev–Trinajstić information content (AvgIpc) is 1.89. The lowest BCUT2D eigenvalue weighted by molar-refractivity contribution is 0.555. The van der Waals surface area contributed by atoms with E-state index in [2.05, 4.69) is 23.1 Å². The van der Waals surface area contributed by atoms with Crippen LogP contribution in [0.15, 0.2) is 0 Å². The van der Waals surface area contributed by atoms with Gasteiger partial charge < -0.3 is 5.32 Å². The molecular formula is C6H17N3. The van der Waals surface area contributed by atoms with Crippen LogP contribution in [0.4, 0.5) is 0 Å². The van der Waals surface area contributed by atoms with Crippen molar-refractivity contribution >= 4 is 0 Å². The lowest BCUT2D eigenvalue weighted by Gasteiger charge is -2.01. The Morgan fingerprint density at radius 2 is 2.00 bits per heavy atom. The molecule has 0 saturated heterocycles. The molecule has 0 aromatic heterocycles.